The van der Waals surface area contributed by atoms with Crippen molar-refractivity contribution in [1.82, 2.24) is 0 Å². The Bertz CT molecular complexity index is 725. The lowest BCUT2D eigenvalue weighted by Crippen LogP contribution is -2.17. The minimum Gasteiger partial charge on any atom is -0.507 e. The summed E-state index contributed by atoms with van der Waals surface area (Å²) in [6, 6.07) is 13.6. The van der Waals surface area contributed by atoms with Gasteiger partial charge in [-0.3, -0.25) is 0 Å². The van der Waals surface area contributed by atoms with Crippen LogP contribution in [0.1, 0.15) is 5.56 Å². The number of nitrogens with two attached hydrogens (primary N) is 1. The largest absolute Gasteiger partial charge is 0.507 e. The van der Waals surface area contributed by atoms with E-state index in [9.17, 15) is 14.7 Å². The Morgan fingerprint density at radius 1 is 1.00 bits per heavy atom. The first-order valence-corrected chi connectivity index (χ1v) is 6.25. The van der Waals surface area contributed by atoms with Gasteiger partial charge < -0.3 is 10.8 Å². The van der Waals surface area contributed by atoms with Crippen LogP contribution in [-0.2, 0) is 14.6 Å². The van der Waals surface area contributed by atoms with Gasteiger partial charge in [-0.2, -0.15) is 0 Å². The molecular formula is C16H13NO5. The number of carbonyl (C=O) groups is 2. The smallest absolute Gasteiger partial charge is 0.447 e. The summed E-state index contributed by atoms with van der Waals surface area (Å²) < 4.78 is 0. The van der Waals surface area contributed by atoms with E-state index in [0.29, 0.717) is 16.7 Å². The first kappa shape index (κ1) is 15.1. The minimum atomic E-state index is -1.25. The Morgan fingerprint density at radius 2 is 1.68 bits per heavy atom. The first-order valence-electron chi connectivity index (χ1n) is 6.25. The highest BCUT2D eigenvalue weighted by Crippen LogP contribution is 2.35. The van der Waals surface area contributed by atoms with Crippen molar-refractivity contribution in [2.75, 3.05) is 0 Å². The maximum absolute atomic E-state index is 11.8. The molecule has 2 aromatic carbocycles. The van der Waals surface area contributed by atoms with Gasteiger partial charge >= 0.3 is 12.1 Å². The van der Waals surface area contributed by atoms with Gasteiger partial charge in [0.25, 0.3) is 0 Å². The fourth-order valence-corrected chi connectivity index (χ4v) is 1.94. The third kappa shape index (κ3) is 3.24. The number of hydrogen-bond acceptors (Lipinski definition) is 5. The van der Waals surface area contributed by atoms with Crippen molar-refractivity contribution in [3.8, 4) is 16.9 Å². The molecule has 0 fully saturated rings. The van der Waals surface area contributed by atoms with Crippen molar-refractivity contribution in [3.05, 3.63) is 60.7 Å². The second kappa shape index (κ2) is 6.45. The van der Waals surface area contributed by atoms with Crippen molar-refractivity contribution in [2.45, 2.75) is 0 Å². The second-order valence-electron chi connectivity index (χ2n) is 4.32. The van der Waals surface area contributed by atoms with Crippen LogP contribution in [0.5, 0.6) is 5.75 Å². The first-order chi connectivity index (χ1) is 10.5. The standard InChI is InChI=1S/C16H13NO5/c1-10(15(19)21-22-16(17)20)12-8-5-9-13(18)14(12)11-6-3-2-4-7-11/h2-9,18H,1H2,(H2,17,20). The summed E-state index contributed by atoms with van der Waals surface area (Å²) >= 11 is 0. The summed E-state index contributed by atoms with van der Waals surface area (Å²) in [5.41, 5.74) is 6.10. The molecule has 2 aromatic rings. The maximum Gasteiger partial charge on any atom is 0.447 e. The average molecular weight is 299 g/mol. The van der Waals surface area contributed by atoms with E-state index in [4.69, 9.17) is 5.73 Å². The number of hydrogen-bond donors (Lipinski definition) is 2. The molecule has 112 valence electrons. The normalized spacial score (nSPS) is 9.82. The molecule has 3 N–H and O–H groups in total. The van der Waals surface area contributed by atoms with E-state index in [1.807, 2.05) is 6.07 Å². The van der Waals surface area contributed by atoms with Crippen molar-refractivity contribution in [2.24, 2.45) is 5.73 Å². The molecule has 0 aromatic heterocycles. The zero-order valence-electron chi connectivity index (χ0n) is 11.5. The van der Waals surface area contributed by atoms with Crippen LogP contribution in [0.2, 0.25) is 0 Å². The Kier molecular flexibility index (Phi) is 4.43. The van der Waals surface area contributed by atoms with Crippen LogP contribution in [0.25, 0.3) is 16.7 Å². The van der Waals surface area contributed by atoms with Crippen molar-refractivity contribution in [3.63, 3.8) is 0 Å². The monoisotopic (exact) mass is 299 g/mol. The van der Waals surface area contributed by atoms with Crippen LogP contribution in [0, 0.1) is 0 Å². The van der Waals surface area contributed by atoms with Gasteiger partial charge in [-0.25, -0.2) is 19.4 Å². The Balaban J connectivity index is 2.40. The lowest BCUT2D eigenvalue weighted by Gasteiger charge is -2.12. The zero-order valence-corrected chi connectivity index (χ0v) is 11.5. The third-order valence-corrected chi connectivity index (χ3v) is 2.88. The van der Waals surface area contributed by atoms with Gasteiger partial charge in [0, 0.05) is 11.1 Å². The van der Waals surface area contributed by atoms with E-state index in [-0.39, 0.29) is 11.3 Å². The molecule has 2 rings (SSSR count). The van der Waals surface area contributed by atoms with Gasteiger partial charge in [-0.15, -0.1) is 0 Å². The summed E-state index contributed by atoms with van der Waals surface area (Å²) in [6.45, 7) is 3.61. The van der Waals surface area contributed by atoms with Gasteiger partial charge in [0.05, 0.1) is 5.57 Å². The number of phenols is 1. The van der Waals surface area contributed by atoms with Gasteiger partial charge in [0.2, 0.25) is 0 Å². The zero-order chi connectivity index (χ0) is 16.1. The van der Waals surface area contributed by atoms with E-state index < -0.39 is 12.1 Å². The summed E-state index contributed by atoms with van der Waals surface area (Å²) in [7, 11) is 0. The van der Waals surface area contributed by atoms with E-state index in [0.717, 1.165) is 0 Å². The molecule has 22 heavy (non-hydrogen) atoms. The SMILES string of the molecule is C=C(C(=O)OOC(N)=O)c1cccc(O)c1-c1ccccc1. The molecule has 0 atom stereocenters. The summed E-state index contributed by atoms with van der Waals surface area (Å²) in [6.07, 6.45) is -1.25. The molecule has 0 saturated carbocycles. The summed E-state index contributed by atoms with van der Waals surface area (Å²) in [4.78, 5) is 30.5. The minimum absolute atomic E-state index is 0.0199. The molecule has 0 radical (unpaired) electrons. The van der Waals surface area contributed by atoms with Crippen LogP contribution in [0.3, 0.4) is 0 Å². The van der Waals surface area contributed by atoms with Gasteiger partial charge in [0.1, 0.15) is 5.75 Å². The van der Waals surface area contributed by atoms with E-state index in [1.54, 1.807) is 36.4 Å². The van der Waals surface area contributed by atoms with E-state index >= 15 is 0 Å². The van der Waals surface area contributed by atoms with Gasteiger partial charge in [-0.05, 0) is 11.6 Å². The van der Waals surface area contributed by atoms with Crippen molar-refractivity contribution >= 4 is 17.6 Å². The number of primary amides is 1. The lowest BCUT2D eigenvalue weighted by atomic mass is 9.94. The Morgan fingerprint density at radius 3 is 2.32 bits per heavy atom. The number of phenolic OH excluding ortho intramolecular Hbond substituents is 1. The lowest BCUT2D eigenvalue weighted by molar-refractivity contribution is -0.223. The number of aromatic hydroxyl groups is 1. The Hall–Kier alpha value is -3.28. The number of rotatable bonds is 3. The third-order valence-electron chi connectivity index (χ3n) is 2.88. The highest BCUT2D eigenvalue weighted by Gasteiger charge is 2.19. The van der Waals surface area contributed by atoms with Crippen LogP contribution < -0.4 is 5.73 Å². The van der Waals surface area contributed by atoms with E-state index in [1.165, 1.54) is 6.07 Å². The molecule has 0 saturated heterocycles. The van der Waals surface area contributed by atoms with Crippen molar-refractivity contribution in [1.29, 1.82) is 0 Å². The quantitative estimate of drug-likeness (QED) is 0.515. The number of amides is 1. The molecule has 0 bridgehead atoms. The second-order valence-corrected chi connectivity index (χ2v) is 4.32. The topological polar surface area (TPSA) is 98.9 Å². The predicted octanol–water partition coefficient (Wildman–Crippen LogP) is 2.63. The Labute approximate surface area is 126 Å². The molecular weight excluding hydrogens is 286 g/mol. The average Bonchev–Trinajstić information content (AvgIpc) is 2.52. The number of carbonyl (C=O) groups excluding carboxylic acids is 2. The molecule has 1 amide bonds. The van der Waals surface area contributed by atoms with Crippen LogP contribution >= 0.6 is 0 Å². The van der Waals surface area contributed by atoms with E-state index in [2.05, 4.69) is 16.4 Å². The number of benzene rings is 2. The fourth-order valence-electron chi connectivity index (χ4n) is 1.94. The van der Waals surface area contributed by atoms with Crippen LogP contribution in [0.4, 0.5) is 4.79 Å². The maximum atomic E-state index is 11.8. The molecule has 0 aliphatic rings. The van der Waals surface area contributed by atoms with Crippen LogP contribution in [-0.4, -0.2) is 17.2 Å². The highest BCUT2D eigenvalue weighted by molar-refractivity contribution is 6.17. The van der Waals surface area contributed by atoms with Gasteiger partial charge in [-0.1, -0.05) is 49.0 Å². The molecule has 0 unspecified atom stereocenters. The molecule has 6 heteroatoms. The van der Waals surface area contributed by atoms with Crippen molar-refractivity contribution < 1.29 is 24.5 Å². The molecule has 0 heterocycles. The molecule has 0 aliphatic carbocycles. The van der Waals surface area contributed by atoms with Crippen LogP contribution in [0.15, 0.2) is 55.1 Å². The fraction of sp³-hybridized carbons (Fsp3) is 0. The summed E-state index contributed by atoms with van der Waals surface area (Å²) in [5.74, 6) is -1.00. The molecule has 6 nitrogen and oxygen atoms in total. The summed E-state index contributed by atoms with van der Waals surface area (Å²) in [5, 5.41) is 10.1. The molecule has 0 aliphatic heterocycles. The van der Waals surface area contributed by atoms with Gasteiger partial charge in [0.15, 0.2) is 0 Å². The predicted molar refractivity (Wildman–Crippen MR) is 79.3 cm³/mol. The highest BCUT2D eigenvalue weighted by atomic mass is 17.2. The molecule has 0 spiro atoms.